The Balaban J connectivity index is 1.84. The van der Waals surface area contributed by atoms with Crippen molar-refractivity contribution >= 4 is 40.7 Å². The Kier molecular flexibility index (Phi) is 6.44. The Labute approximate surface area is 197 Å². The van der Waals surface area contributed by atoms with Crippen molar-refractivity contribution in [2.75, 3.05) is 7.11 Å². The molecule has 0 fully saturated rings. The summed E-state index contributed by atoms with van der Waals surface area (Å²) in [5.74, 6) is -0.898. The Morgan fingerprint density at radius 1 is 1.15 bits per heavy atom. The first-order valence-corrected chi connectivity index (χ1v) is 11.9. The van der Waals surface area contributed by atoms with Crippen LogP contribution >= 0.6 is 22.7 Å². The van der Waals surface area contributed by atoms with E-state index >= 15 is 0 Å². The molecule has 1 atom stereocenters. The Bertz CT molecular complexity index is 1410. The van der Waals surface area contributed by atoms with E-state index in [0.29, 0.717) is 26.2 Å². The summed E-state index contributed by atoms with van der Waals surface area (Å²) in [7, 11) is 1.33. The molecular formula is C24H22N2O5S2. The third-order valence-corrected chi connectivity index (χ3v) is 6.93. The van der Waals surface area contributed by atoms with Gasteiger partial charge < -0.3 is 9.47 Å². The highest BCUT2D eigenvalue weighted by molar-refractivity contribution is 7.10. The molecule has 3 aromatic rings. The quantitative estimate of drug-likeness (QED) is 0.522. The molecule has 1 aliphatic heterocycles. The van der Waals surface area contributed by atoms with Crippen LogP contribution in [0.25, 0.3) is 6.08 Å². The Morgan fingerprint density at radius 2 is 1.88 bits per heavy atom. The van der Waals surface area contributed by atoms with E-state index in [2.05, 4.69) is 4.99 Å². The van der Waals surface area contributed by atoms with Gasteiger partial charge in [-0.05, 0) is 56.0 Å². The molecule has 9 heteroatoms. The smallest absolute Gasteiger partial charge is 0.338 e. The van der Waals surface area contributed by atoms with E-state index in [9.17, 15) is 14.4 Å². The standard InChI is InChI=1S/C24H22N2O5S2/c1-13(2)31-23(29)19-14(3)25-24-26(20(19)17-6-5-11-32-17)21(27)18(33-24)12-15-7-9-16(10-8-15)22(28)30-4/h5-13,20H,1-4H3/b18-12-/t20-/m0/s1. The molecule has 33 heavy (non-hydrogen) atoms. The van der Waals surface area contributed by atoms with Crippen LogP contribution in [0.15, 0.2) is 62.8 Å². The number of methoxy groups -OCH3 is 1. The van der Waals surface area contributed by atoms with E-state index in [4.69, 9.17) is 9.47 Å². The first-order chi connectivity index (χ1) is 15.8. The molecule has 170 valence electrons. The maximum atomic E-state index is 13.5. The number of nitrogens with zero attached hydrogens (tertiary/aromatic N) is 2. The van der Waals surface area contributed by atoms with Gasteiger partial charge in [0.05, 0.1) is 34.6 Å². The van der Waals surface area contributed by atoms with E-state index in [1.54, 1.807) is 55.7 Å². The highest BCUT2D eigenvalue weighted by Crippen LogP contribution is 2.33. The van der Waals surface area contributed by atoms with Gasteiger partial charge in [0, 0.05) is 4.88 Å². The molecule has 0 saturated carbocycles. The lowest BCUT2D eigenvalue weighted by Crippen LogP contribution is -2.39. The Morgan fingerprint density at radius 3 is 2.48 bits per heavy atom. The molecule has 0 amide bonds. The minimum atomic E-state index is -0.601. The molecule has 3 heterocycles. The van der Waals surface area contributed by atoms with E-state index < -0.39 is 18.0 Å². The van der Waals surface area contributed by atoms with Gasteiger partial charge >= 0.3 is 11.9 Å². The van der Waals surface area contributed by atoms with Gasteiger partial charge in [-0.3, -0.25) is 9.36 Å². The monoisotopic (exact) mass is 482 g/mol. The number of ether oxygens (including phenoxy) is 2. The summed E-state index contributed by atoms with van der Waals surface area (Å²) in [4.78, 5) is 44.1. The molecule has 0 bridgehead atoms. The molecule has 0 radical (unpaired) electrons. The van der Waals surface area contributed by atoms with Crippen LogP contribution in [-0.2, 0) is 14.3 Å². The Hall–Kier alpha value is -3.30. The van der Waals surface area contributed by atoms with Crippen molar-refractivity contribution in [2.45, 2.75) is 32.9 Å². The number of hydrogen-bond acceptors (Lipinski definition) is 8. The second-order valence-electron chi connectivity index (χ2n) is 7.66. The number of esters is 2. The van der Waals surface area contributed by atoms with E-state index in [1.807, 2.05) is 17.5 Å². The summed E-state index contributed by atoms with van der Waals surface area (Å²) in [5.41, 5.74) is 1.85. The van der Waals surface area contributed by atoms with Crippen LogP contribution in [0.4, 0.5) is 0 Å². The molecule has 0 aliphatic carbocycles. The molecule has 7 nitrogen and oxygen atoms in total. The zero-order chi connectivity index (χ0) is 23.7. The highest BCUT2D eigenvalue weighted by Gasteiger charge is 2.34. The van der Waals surface area contributed by atoms with Gasteiger partial charge in [0.2, 0.25) is 0 Å². The molecule has 0 unspecified atom stereocenters. The third-order valence-electron chi connectivity index (χ3n) is 5.03. The predicted octanol–water partition coefficient (Wildman–Crippen LogP) is 3.03. The van der Waals surface area contributed by atoms with Crippen molar-refractivity contribution < 1.29 is 19.1 Å². The van der Waals surface area contributed by atoms with Crippen LogP contribution < -0.4 is 14.9 Å². The third kappa shape index (κ3) is 4.46. The van der Waals surface area contributed by atoms with Crippen molar-refractivity contribution in [3.05, 3.63) is 88.7 Å². The van der Waals surface area contributed by atoms with Gasteiger partial charge in [-0.1, -0.05) is 29.5 Å². The summed E-state index contributed by atoms with van der Waals surface area (Å²) in [6, 6.07) is 9.98. The number of carbonyl (C=O) groups is 2. The van der Waals surface area contributed by atoms with Crippen LogP contribution in [-0.4, -0.2) is 29.7 Å². The summed E-state index contributed by atoms with van der Waals surface area (Å²) in [6.45, 7) is 5.34. The fourth-order valence-electron chi connectivity index (χ4n) is 3.56. The van der Waals surface area contributed by atoms with Crippen molar-refractivity contribution in [1.29, 1.82) is 0 Å². The van der Waals surface area contributed by atoms with Crippen LogP contribution in [0.5, 0.6) is 0 Å². The second kappa shape index (κ2) is 9.29. The molecule has 0 N–H and O–H groups in total. The van der Waals surface area contributed by atoms with Gasteiger partial charge in [-0.15, -0.1) is 11.3 Å². The predicted molar refractivity (Wildman–Crippen MR) is 127 cm³/mol. The number of rotatable bonds is 5. The van der Waals surface area contributed by atoms with Gasteiger partial charge in [0.1, 0.15) is 6.04 Å². The summed E-state index contributed by atoms with van der Waals surface area (Å²) in [6.07, 6.45) is 1.46. The average Bonchev–Trinajstić information content (AvgIpc) is 3.41. The number of thiophene rings is 1. The van der Waals surface area contributed by atoms with Crippen LogP contribution in [0.3, 0.4) is 0 Å². The number of carbonyl (C=O) groups excluding carboxylic acids is 2. The van der Waals surface area contributed by atoms with E-state index in [-0.39, 0.29) is 11.7 Å². The van der Waals surface area contributed by atoms with Crippen LogP contribution in [0.2, 0.25) is 0 Å². The molecule has 0 spiro atoms. The maximum Gasteiger partial charge on any atom is 0.338 e. The first kappa shape index (κ1) is 22.9. The summed E-state index contributed by atoms with van der Waals surface area (Å²) in [5, 5.41) is 1.91. The summed E-state index contributed by atoms with van der Waals surface area (Å²) >= 11 is 2.73. The van der Waals surface area contributed by atoms with Crippen LogP contribution in [0.1, 0.15) is 47.6 Å². The van der Waals surface area contributed by atoms with Crippen LogP contribution in [0, 0.1) is 0 Å². The molecule has 4 rings (SSSR count). The fourth-order valence-corrected chi connectivity index (χ4v) is 5.43. The number of hydrogen-bond donors (Lipinski definition) is 0. The van der Waals surface area contributed by atoms with E-state index in [1.165, 1.54) is 29.8 Å². The number of aromatic nitrogens is 1. The highest BCUT2D eigenvalue weighted by atomic mass is 32.1. The SMILES string of the molecule is COC(=O)c1ccc(/C=c2\sc3n(c2=O)[C@@H](c2cccs2)C(C(=O)OC(C)C)=C(C)N=3)cc1. The lowest BCUT2D eigenvalue weighted by atomic mass is 10.0. The zero-order valence-electron chi connectivity index (χ0n) is 18.5. The van der Waals surface area contributed by atoms with Crippen molar-refractivity contribution in [1.82, 2.24) is 4.57 Å². The maximum absolute atomic E-state index is 13.5. The topological polar surface area (TPSA) is 87.0 Å². The molecule has 2 aromatic heterocycles. The van der Waals surface area contributed by atoms with Crippen molar-refractivity contribution in [3.8, 4) is 0 Å². The lowest BCUT2D eigenvalue weighted by molar-refractivity contribution is -0.143. The first-order valence-electron chi connectivity index (χ1n) is 10.3. The molecule has 1 aliphatic rings. The molecular weight excluding hydrogens is 460 g/mol. The second-order valence-corrected chi connectivity index (χ2v) is 9.65. The number of fused-ring (bicyclic) bond motifs is 1. The molecule has 0 saturated heterocycles. The van der Waals surface area contributed by atoms with Crippen molar-refractivity contribution in [2.24, 2.45) is 4.99 Å². The number of allylic oxidation sites excluding steroid dienone is 1. The van der Waals surface area contributed by atoms with Gasteiger partial charge in [0.25, 0.3) is 5.56 Å². The average molecular weight is 483 g/mol. The molecule has 1 aromatic carbocycles. The largest absolute Gasteiger partial charge is 0.465 e. The summed E-state index contributed by atoms with van der Waals surface area (Å²) < 4.78 is 12.2. The van der Waals surface area contributed by atoms with E-state index in [0.717, 1.165) is 10.4 Å². The van der Waals surface area contributed by atoms with Crippen molar-refractivity contribution in [3.63, 3.8) is 0 Å². The van der Waals surface area contributed by atoms with Gasteiger partial charge in [0.15, 0.2) is 4.80 Å². The van der Waals surface area contributed by atoms with Gasteiger partial charge in [-0.25, -0.2) is 14.6 Å². The lowest BCUT2D eigenvalue weighted by Gasteiger charge is -2.24. The number of thiazole rings is 1. The minimum absolute atomic E-state index is 0.239. The van der Waals surface area contributed by atoms with Gasteiger partial charge in [-0.2, -0.15) is 0 Å². The normalized spacial score (nSPS) is 15.9. The fraction of sp³-hybridized carbons (Fsp3) is 0.250. The number of benzene rings is 1. The zero-order valence-corrected chi connectivity index (χ0v) is 20.2. The minimum Gasteiger partial charge on any atom is -0.465 e.